The van der Waals surface area contributed by atoms with Crippen LogP contribution in [-0.2, 0) is 0 Å². The van der Waals surface area contributed by atoms with Crippen LogP contribution in [0.3, 0.4) is 0 Å². The normalized spacial score (nSPS) is 7.60. The topological polar surface area (TPSA) is 0 Å². The van der Waals surface area contributed by atoms with Gasteiger partial charge in [0.1, 0.15) is 0 Å². The van der Waals surface area contributed by atoms with Crippen molar-refractivity contribution in [2.24, 2.45) is 0 Å². The second kappa shape index (κ2) is 3.28. The molecule has 0 aromatic rings. The fourth-order valence-corrected chi connectivity index (χ4v) is 0. The maximum atomic E-state index is 5.20. The summed E-state index contributed by atoms with van der Waals surface area (Å²) in [5, 5.41) is 0. The molecule has 0 radical (unpaired) electrons. The SMILES string of the molecule is B#S(=B)CI. The summed E-state index contributed by atoms with van der Waals surface area (Å²) < 4.78 is 0.970. The Hall–Kier alpha value is 1.08. The van der Waals surface area contributed by atoms with Gasteiger partial charge in [0, 0.05) is 0 Å². The number of hydrogen-bond donors (Lipinski definition) is 0. The zero-order valence-corrected chi connectivity index (χ0v) is 5.75. The Kier molecular flexibility index (Phi) is 3.98. The third kappa shape index (κ3) is 5.08. The van der Waals surface area contributed by atoms with Crippen molar-refractivity contribution in [2.45, 2.75) is 0 Å². The Bertz CT molecular complexity index is 111. The van der Waals surface area contributed by atoms with E-state index in [1.165, 1.54) is 0 Å². The van der Waals surface area contributed by atoms with Crippen LogP contribution in [0.2, 0.25) is 0 Å². The summed E-state index contributed by atoms with van der Waals surface area (Å²) in [7, 11) is -0.0859. The molecule has 0 aromatic carbocycles. The van der Waals surface area contributed by atoms with Crippen LogP contribution in [0.15, 0.2) is 0 Å². The van der Waals surface area contributed by atoms with Crippen LogP contribution in [0.25, 0.3) is 0 Å². The van der Waals surface area contributed by atoms with Crippen molar-refractivity contribution in [3.05, 3.63) is 0 Å². The van der Waals surface area contributed by atoms with E-state index in [-0.39, 0.29) is 9.56 Å². The van der Waals surface area contributed by atoms with E-state index in [1.807, 2.05) is 0 Å². The molecule has 0 rings (SSSR count). The summed E-state index contributed by atoms with van der Waals surface area (Å²) in [6.45, 7) is 8.76. The molecule has 0 nitrogen and oxygen atoms in total. The van der Waals surface area contributed by atoms with Crippen LogP contribution in [0.4, 0.5) is 0 Å². The van der Waals surface area contributed by atoms with E-state index in [0.717, 1.165) is 3.76 Å². The molecule has 0 amide bonds. The van der Waals surface area contributed by atoms with Gasteiger partial charge in [0.25, 0.3) is 0 Å². The zero-order valence-electron chi connectivity index (χ0n) is 2.78. The summed E-state index contributed by atoms with van der Waals surface area (Å²) in [6, 6.07) is 0. The predicted molar refractivity (Wildman–Crippen MR) is 39.4 cm³/mol. The summed E-state index contributed by atoms with van der Waals surface area (Å²) in [5.74, 6) is 0. The van der Waals surface area contributed by atoms with Gasteiger partial charge in [0.15, 0.2) is 0 Å². The van der Waals surface area contributed by atoms with Crippen molar-refractivity contribution in [2.75, 3.05) is 3.76 Å². The first-order chi connectivity index (χ1) is 2.27. The number of alkyl halides is 1. The summed E-state index contributed by atoms with van der Waals surface area (Å²) >= 11 is 2.20. The second-order valence-corrected chi connectivity index (χ2v) is 3.81. The first kappa shape index (κ1) is 6.08. The van der Waals surface area contributed by atoms with E-state index < -0.39 is 0 Å². The molecule has 0 bridgehead atoms. The summed E-state index contributed by atoms with van der Waals surface area (Å²) in [5.41, 5.74) is 0. The van der Waals surface area contributed by atoms with Crippen LogP contribution in [0.5, 0.6) is 0 Å². The molecular formula is CH3B2IS. The van der Waals surface area contributed by atoms with Gasteiger partial charge in [-0.25, -0.2) is 0 Å². The first-order valence-electron chi connectivity index (χ1n) is 1.08. The van der Waals surface area contributed by atoms with E-state index in [0.29, 0.717) is 0 Å². The van der Waals surface area contributed by atoms with Crippen molar-refractivity contribution in [3.63, 3.8) is 0 Å². The molecule has 0 N–H and O–H groups in total. The van der Waals surface area contributed by atoms with E-state index in [2.05, 4.69) is 29.3 Å². The van der Waals surface area contributed by atoms with Gasteiger partial charge in [-0.3, -0.25) is 0 Å². The van der Waals surface area contributed by atoms with Crippen molar-refractivity contribution >= 4 is 45.4 Å². The van der Waals surface area contributed by atoms with Crippen LogP contribution >= 0.6 is 32.1 Å². The van der Waals surface area contributed by atoms with Crippen LogP contribution in [-0.4, -0.2) is 17.0 Å². The van der Waals surface area contributed by atoms with Crippen molar-refractivity contribution < 1.29 is 0 Å². The Morgan fingerprint density at radius 1 is 2.00 bits per heavy atom. The molecular weight excluding hydrogens is 193 g/mol. The van der Waals surface area contributed by atoms with Gasteiger partial charge in [0.2, 0.25) is 0 Å². The molecule has 0 heterocycles. The Morgan fingerprint density at radius 2 is 2.20 bits per heavy atom. The number of halogens is 1. The maximum absolute atomic E-state index is 5.20. The molecule has 0 unspecified atom stereocenters. The molecule has 26 valence electrons. The van der Waals surface area contributed by atoms with E-state index in [9.17, 15) is 0 Å². The standard InChI is InChI=1S/CH3B2IS/c2-5(3)1-4/h2H,1H2. The molecule has 5 heavy (non-hydrogen) atoms. The molecule has 0 fully saturated rings. The molecule has 0 aliphatic heterocycles. The molecule has 0 spiro atoms. The third-order valence-corrected chi connectivity index (χ3v) is 2.82. The fraction of sp³-hybridized carbons (Fsp3) is 1.00. The molecule has 4 heteroatoms. The third-order valence-electron chi connectivity index (χ3n) is 0.140. The van der Waals surface area contributed by atoms with E-state index in [1.54, 1.807) is 0 Å². The number of rotatable bonds is 0. The van der Waals surface area contributed by atoms with E-state index >= 15 is 0 Å². The fourth-order valence-electron chi connectivity index (χ4n) is 0. The molecule has 0 saturated carbocycles. The molecule has 0 aromatic heterocycles. The molecule has 0 atom stereocenters. The summed E-state index contributed by atoms with van der Waals surface area (Å²) in [4.78, 5) is 0. The van der Waals surface area contributed by atoms with Crippen molar-refractivity contribution in [3.8, 4) is 0 Å². The van der Waals surface area contributed by atoms with Crippen LogP contribution < -0.4 is 0 Å². The van der Waals surface area contributed by atoms with Gasteiger partial charge in [-0.2, -0.15) is 0 Å². The average molecular weight is 196 g/mol. The second-order valence-electron chi connectivity index (χ2n) is 0.647. The number of hydrogen-bond acceptors (Lipinski definition) is 0. The Morgan fingerprint density at radius 3 is 2.20 bits per heavy atom. The molecule has 0 saturated heterocycles. The quantitative estimate of drug-likeness (QED) is 0.301. The van der Waals surface area contributed by atoms with Crippen LogP contribution in [0, 0.1) is 0 Å². The van der Waals surface area contributed by atoms with E-state index in [4.69, 9.17) is 6.53 Å². The Balaban J connectivity index is 3.39. The average Bonchev–Trinajstić information content (AvgIpc) is 1.38. The van der Waals surface area contributed by atoms with Gasteiger partial charge in [0.05, 0.1) is 0 Å². The van der Waals surface area contributed by atoms with Gasteiger partial charge < -0.3 is 0 Å². The van der Waals surface area contributed by atoms with Gasteiger partial charge in [-0.15, -0.1) is 0 Å². The molecule has 0 aliphatic carbocycles. The first-order valence-corrected chi connectivity index (χ1v) is 4.23. The van der Waals surface area contributed by atoms with Crippen molar-refractivity contribution in [1.82, 2.24) is 0 Å². The minimum absolute atomic E-state index is 0.0859. The monoisotopic (exact) mass is 196 g/mol. The molecule has 0 aliphatic rings. The zero-order chi connectivity index (χ0) is 4.28. The summed E-state index contributed by atoms with van der Waals surface area (Å²) in [6.07, 6.45) is 0. The van der Waals surface area contributed by atoms with Crippen molar-refractivity contribution in [1.29, 1.82) is 0 Å². The van der Waals surface area contributed by atoms with Crippen LogP contribution in [0.1, 0.15) is 0 Å². The Labute approximate surface area is 49.2 Å². The van der Waals surface area contributed by atoms with Gasteiger partial charge in [-0.05, 0) is 0 Å². The van der Waals surface area contributed by atoms with Gasteiger partial charge in [-0.1, -0.05) is 0 Å². The van der Waals surface area contributed by atoms with Gasteiger partial charge >= 0.3 is 49.2 Å². The predicted octanol–water partition coefficient (Wildman–Crippen LogP) is 0.547. The minimum atomic E-state index is -0.0859.